The number of epoxide rings is 1. The van der Waals surface area contributed by atoms with Crippen molar-refractivity contribution in [2.24, 2.45) is 0 Å². The zero-order valence-corrected chi connectivity index (χ0v) is 14.7. The topological polar surface area (TPSA) is 111 Å². The SMILES string of the molecule is CS(=O)(=O)NS(=O)(=O)OC1CCc2cc(OCC3CO3)ccc2C1. The first kappa shape index (κ1) is 17.6. The van der Waals surface area contributed by atoms with Crippen LogP contribution in [0.15, 0.2) is 18.2 Å². The summed E-state index contributed by atoms with van der Waals surface area (Å²) in [5.41, 5.74) is 2.05. The Morgan fingerprint density at radius 2 is 2.00 bits per heavy atom. The number of aryl methyl sites for hydroxylation is 1. The summed E-state index contributed by atoms with van der Waals surface area (Å²) >= 11 is 0. The summed E-state index contributed by atoms with van der Waals surface area (Å²) in [7, 11) is -8.23. The Hall–Kier alpha value is -1.20. The average Bonchev–Trinajstić information content (AvgIpc) is 3.26. The number of hydrogen-bond acceptors (Lipinski definition) is 7. The molecular weight excluding hydrogens is 358 g/mol. The highest BCUT2D eigenvalue weighted by atomic mass is 32.3. The van der Waals surface area contributed by atoms with Crippen molar-refractivity contribution in [3.05, 3.63) is 29.3 Å². The fourth-order valence-corrected chi connectivity index (χ4v) is 4.77. The lowest BCUT2D eigenvalue weighted by atomic mass is 9.90. The Labute approximate surface area is 141 Å². The Bertz CT molecular complexity index is 816. The zero-order chi connectivity index (χ0) is 17.4. The van der Waals surface area contributed by atoms with E-state index in [1.807, 2.05) is 18.2 Å². The third kappa shape index (κ3) is 5.15. The second-order valence-corrected chi connectivity index (χ2v) is 9.28. The van der Waals surface area contributed by atoms with Crippen molar-refractivity contribution in [3.63, 3.8) is 0 Å². The third-order valence-electron chi connectivity index (χ3n) is 3.72. The van der Waals surface area contributed by atoms with Crippen LogP contribution in [0.3, 0.4) is 0 Å². The number of ether oxygens (including phenoxy) is 2. The minimum absolute atomic E-state index is 0.186. The average molecular weight is 377 g/mol. The van der Waals surface area contributed by atoms with Crippen LogP contribution in [0.1, 0.15) is 17.5 Å². The first-order valence-corrected chi connectivity index (χ1v) is 10.8. The molecule has 8 nitrogen and oxygen atoms in total. The van der Waals surface area contributed by atoms with E-state index in [2.05, 4.69) is 0 Å². The van der Waals surface area contributed by atoms with Crippen LogP contribution in [-0.4, -0.2) is 48.5 Å². The highest BCUT2D eigenvalue weighted by Gasteiger charge is 2.27. The van der Waals surface area contributed by atoms with Crippen LogP contribution in [0.4, 0.5) is 0 Å². The van der Waals surface area contributed by atoms with Gasteiger partial charge in [0.05, 0.1) is 19.0 Å². The molecule has 10 heteroatoms. The van der Waals surface area contributed by atoms with Gasteiger partial charge < -0.3 is 9.47 Å². The molecule has 1 fully saturated rings. The van der Waals surface area contributed by atoms with Gasteiger partial charge in [-0.25, -0.2) is 8.42 Å². The normalized spacial score (nSPS) is 23.5. The summed E-state index contributed by atoms with van der Waals surface area (Å²) < 4.78 is 62.7. The second kappa shape index (κ2) is 6.60. The number of benzene rings is 1. The molecule has 0 radical (unpaired) electrons. The van der Waals surface area contributed by atoms with Crippen LogP contribution in [0.2, 0.25) is 0 Å². The number of sulfonamides is 1. The van der Waals surface area contributed by atoms with Crippen LogP contribution in [-0.2, 0) is 42.1 Å². The van der Waals surface area contributed by atoms with Crippen molar-refractivity contribution in [2.75, 3.05) is 19.5 Å². The van der Waals surface area contributed by atoms with E-state index in [9.17, 15) is 16.8 Å². The summed E-state index contributed by atoms with van der Waals surface area (Å²) in [4.78, 5) is 0. The lowest BCUT2D eigenvalue weighted by Gasteiger charge is -2.24. The quantitative estimate of drug-likeness (QED) is 0.672. The second-order valence-electron chi connectivity index (χ2n) is 5.97. The Morgan fingerprint density at radius 1 is 1.25 bits per heavy atom. The molecule has 2 atom stereocenters. The standard InChI is InChI=1S/C14H19NO7S2/c1-23(16,17)15-24(18,19)22-13-5-3-10-6-12(4-2-11(10)7-13)20-8-14-9-21-14/h2,4,6,13-15H,3,5,7-9H2,1H3. The Morgan fingerprint density at radius 3 is 2.67 bits per heavy atom. The summed E-state index contributed by atoms with van der Waals surface area (Å²) in [6.45, 7) is 1.26. The van der Waals surface area contributed by atoms with E-state index in [-0.39, 0.29) is 6.10 Å². The van der Waals surface area contributed by atoms with E-state index in [1.54, 1.807) is 0 Å². The maximum absolute atomic E-state index is 11.7. The van der Waals surface area contributed by atoms with Crippen molar-refractivity contribution in [1.82, 2.24) is 4.13 Å². The minimum Gasteiger partial charge on any atom is -0.491 e. The molecular formula is C14H19NO7S2. The van der Waals surface area contributed by atoms with Crippen molar-refractivity contribution in [3.8, 4) is 5.75 Å². The maximum atomic E-state index is 11.7. The molecule has 0 aromatic heterocycles. The van der Waals surface area contributed by atoms with Gasteiger partial charge in [0.1, 0.15) is 18.5 Å². The molecule has 1 heterocycles. The molecule has 24 heavy (non-hydrogen) atoms. The van der Waals surface area contributed by atoms with Crippen molar-refractivity contribution in [1.29, 1.82) is 0 Å². The Kier molecular flexibility index (Phi) is 4.85. The van der Waals surface area contributed by atoms with Crippen LogP contribution >= 0.6 is 0 Å². The van der Waals surface area contributed by atoms with E-state index in [0.29, 0.717) is 25.9 Å². The van der Waals surface area contributed by atoms with Gasteiger partial charge >= 0.3 is 10.3 Å². The molecule has 134 valence electrons. The van der Waals surface area contributed by atoms with E-state index in [4.69, 9.17) is 13.7 Å². The number of rotatable bonds is 7. The molecule has 1 aliphatic heterocycles. The number of hydrogen-bond donors (Lipinski definition) is 1. The molecule has 1 aromatic rings. The molecule has 0 spiro atoms. The molecule has 0 bridgehead atoms. The van der Waals surface area contributed by atoms with Gasteiger partial charge in [-0.1, -0.05) is 10.2 Å². The molecule has 0 saturated carbocycles. The van der Waals surface area contributed by atoms with Crippen LogP contribution < -0.4 is 8.86 Å². The van der Waals surface area contributed by atoms with E-state index in [0.717, 1.165) is 29.7 Å². The van der Waals surface area contributed by atoms with Gasteiger partial charge in [-0.2, -0.15) is 8.42 Å². The molecule has 1 saturated heterocycles. The monoisotopic (exact) mass is 377 g/mol. The van der Waals surface area contributed by atoms with Crippen molar-refractivity contribution < 1.29 is 30.5 Å². The summed E-state index contributed by atoms with van der Waals surface area (Å²) in [6, 6.07) is 5.65. The third-order valence-corrected chi connectivity index (χ3v) is 6.27. The fourth-order valence-electron chi connectivity index (χ4n) is 2.61. The molecule has 0 amide bonds. The minimum atomic E-state index is -4.34. The molecule has 2 aliphatic rings. The lowest BCUT2D eigenvalue weighted by molar-refractivity contribution is 0.191. The van der Waals surface area contributed by atoms with E-state index < -0.39 is 26.4 Å². The zero-order valence-electron chi connectivity index (χ0n) is 13.1. The van der Waals surface area contributed by atoms with Gasteiger partial charge in [0, 0.05) is 6.42 Å². The van der Waals surface area contributed by atoms with Crippen LogP contribution in [0, 0.1) is 0 Å². The molecule has 1 aliphatic carbocycles. The maximum Gasteiger partial charge on any atom is 0.349 e. The fraction of sp³-hybridized carbons (Fsp3) is 0.571. The number of nitrogens with one attached hydrogen (secondary N) is 1. The van der Waals surface area contributed by atoms with E-state index >= 15 is 0 Å². The van der Waals surface area contributed by atoms with Crippen molar-refractivity contribution in [2.45, 2.75) is 31.5 Å². The molecule has 1 N–H and O–H groups in total. The molecule has 1 aromatic carbocycles. The van der Waals surface area contributed by atoms with Gasteiger partial charge in [0.2, 0.25) is 10.0 Å². The largest absolute Gasteiger partial charge is 0.491 e. The highest BCUT2D eigenvalue weighted by molar-refractivity contribution is 8.02. The van der Waals surface area contributed by atoms with Gasteiger partial charge in [0.25, 0.3) is 0 Å². The summed E-state index contributed by atoms with van der Waals surface area (Å²) in [5, 5.41) is 0. The van der Waals surface area contributed by atoms with Crippen LogP contribution in [0.25, 0.3) is 0 Å². The Balaban J connectivity index is 1.61. The summed E-state index contributed by atoms with van der Waals surface area (Å²) in [5.74, 6) is 0.759. The predicted octanol–water partition coefficient (Wildman–Crippen LogP) is 0.132. The summed E-state index contributed by atoms with van der Waals surface area (Å²) in [6.07, 6.45) is 1.86. The predicted molar refractivity (Wildman–Crippen MR) is 85.5 cm³/mol. The lowest BCUT2D eigenvalue weighted by Crippen LogP contribution is -2.35. The van der Waals surface area contributed by atoms with Crippen LogP contribution in [0.5, 0.6) is 5.75 Å². The van der Waals surface area contributed by atoms with Gasteiger partial charge in [-0.05, 0) is 36.1 Å². The van der Waals surface area contributed by atoms with E-state index in [1.165, 1.54) is 4.13 Å². The smallest absolute Gasteiger partial charge is 0.349 e. The number of fused-ring (bicyclic) bond motifs is 1. The molecule has 2 unspecified atom stereocenters. The molecule has 3 rings (SSSR count). The first-order chi connectivity index (χ1) is 11.2. The van der Waals surface area contributed by atoms with Gasteiger partial charge in [-0.3, -0.25) is 4.18 Å². The van der Waals surface area contributed by atoms with Gasteiger partial charge in [0.15, 0.2) is 0 Å². The van der Waals surface area contributed by atoms with Crippen molar-refractivity contribution >= 4 is 20.3 Å². The highest BCUT2D eigenvalue weighted by Crippen LogP contribution is 2.28. The van der Waals surface area contributed by atoms with Gasteiger partial charge in [-0.15, -0.1) is 0 Å². The first-order valence-electron chi connectivity index (χ1n) is 7.48.